The maximum absolute atomic E-state index is 10.5. The molecule has 0 saturated carbocycles. The van der Waals surface area contributed by atoms with Gasteiger partial charge in [0.15, 0.2) is 0 Å². The van der Waals surface area contributed by atoms with E-state index in [4.69, 9.17) is 5.73 Å². The Balaban J connectivity index is 2.25. The van der Waals surface area contributed by atoms with Crippen molar-refractivity contribution in [1.82, 2.24) is 4.90 Å². The second kappa shape index (κ2) is 4.99. The van der Waals surface area contributed by atoms with Gasteiger partial charge in [-0.3, -0.25) is 4.79 Å². The van der Waals surface area contributed by atoms with Gasteiger partial charge in [0, 0.05) is 19.5 Å². The lowest BCUT2D eigenvalue weighted by molar-refractivity contribution is -0.118. The summed E-state index contributed by atoms with van der Waals surface area (Å²) < 4.78 is 0. The van der Waals surface area contributed by atoms with Crippen molar-refractivity contribution in [3.8, 4) is 0 Å². The van der Waals surface area contributed by atoms with Crippen LogP contribution in [0.5, 0.6) is 0 Å². The topological polar surface area (TPSA) is 46.3 Å². The molecule has 0 radical (unpaired) electrons. The van der Waals surface area contributed by atoms with E-state index in [1.807, 2.05) is 7.05 Å². The second-order valence-corrected chi connectivity index (χ2v) is 3.87. The molecule has 0 aliphatic carbocycles. The summed E-state index contributed by atoms with van der Waals surface area (Å²) in [5, 5.41) is 4.16. The third kappa shape index (κ3) is 4.05. The molecule has 0 aliphatic rings. The van der Waals surface area contributed by atoms with Gasteiger partial charge in [0.1, 0.15) is 0 Å². The first-order valence-corrected chi connectivity index (χ1v) is 5.10. The molecule has 1 aromatic heterocycles. The first-order chi connectivity index (χ1) is 6.18. The number of carbonyl (C=O) groups excluding carboxylic acids is 1. The van der Waals surface area contributed by atoms with Crippen molar-refractivity contribution in [2.24, 2.45) is 5.73 Å². The van der Waals surface area contributed by atoms with Crippen LogP contribution in [0.4, 0.5) is 0 Å². The minimum absolute atomic E-state index is 0.239. The number of primary amides is 1. The summed E-state index contributed by atoms with van der Waals surface area (Å²) in [6.45, 7) is 1.61. The van der Waals surface area contributed by atoms with E-state index in [1.54, 1.807) is 11.3 Å². The molecule has 1 rings (SSSR count). The molecule has 1 amide bonds. The number of nitrogens with zero attached hydrogens (tertiary/aromatic N) is 1. The van der Waals surface area contributed by atoms with E-state index in [-0.39, 0.29) is 5.91 Å². The number of amides is 1. The fourth-order valence-corrected chi connectivity index (χ4v) is 1.73. The average Bonchev–Trinajstić information content (AvgIpc) is 2.53. The van der Waals surface area contributed by atoms with Crippen molar-refractivity contribution >= 4 is 17.2 Å². The highest BCUT2D eigenvalue weighted by atomic mass is 32.1. The van der Waals surface area contributed by atoms with Crippen LogP contribution in [0.1, 0.15) is 12.0 Å². The lowest BCUT2D eigenvalue weighted by Gasteiger charge is -2.14. The highest BCUT2D eigenvalue weighted by Crippen LogP contribution is 2.08. The van der Waals surface area contributed by atoms with Crippen LogP contribution in [-0.2, 0) is 11.3 Å². The number of thiophene rings is 1. The van der Waals surface area contributed by atoms with Crippen LogP contribution < -0.4 is 5.73 Å². The van der Waals surface area contributed by atoms with Crippen molar-refractivity contribution in [2.75, 3.05) is 13.6 Å². The van der Waals surface area contributed by atoms with Crippen LogP contribution in [0.3, 0.4) is 0 Å². The molecule has 72 valence electrons. The van der Waals surface area contributed by atoms with Crippen molar-refractivity contribution < 1.29 is 4.79 Å². The van der Waals surface area contributed by atoms with Gasteiger partial charge in [-0.25, -0.2) is 0 Å². The van der Waals surface area contributed by atoms with Gasteiger partial charge in [-0.2, -0.15) is 11.3 Å². The number of nitrogens with two attached hydrogens (primary N) is 1. The number of hydrogen-bond donors (Lipinski definition) is 1. The van der Waals surface area contributed by atoms with Gasteiger partial charge >= 0.3 is 0 Å². The Morgan fingerprint density at radius 2 is 2.46 bits per heavy atom. The van der Waals surface area contributed by atoms with Gasteiger partial charge in [-0.05, 0) is 29.4 Å². The number of rotatable bonds is 5. The molecule has 0 saturated heterocycles. The zero-order valence-corrected chi connectivity index (χ0v) is 8.51. The molecule has 1 heterocycles. The Bertz CT molecular complexity index is 259. The summed E-state index contributed by atoms with van der Waals surface area (Å²) in [7, 11) is 1.99. The predicted octanol–water partition coefficient (Wildman–Crippen LogP) is 1.06. The first-order valence-electron chi connectivity index (χ1n) is 4.16. The maximum atomic E-state index is 10.5. The molecule has 0 unspecified atom stereocenters. The SMILES string of the molecule is CN(CCC(N)=O)Cc1ccsc1. The summed E-state index contributed by atoms with van der Waals surface area (Å²) in [6.07, 6.45) is 0.431. The normalized spacial score (nSPS) is 10.6. The third-order valence-electron chi connectivity index (χ3n) is 1.77. The fourth-order valence-electron chi connectivity index (χ4n) is 1.07. The van der Waals surface area contributed by atoms with Crippen LogP contribution in [0.25, 0.3) is 0 Å². The van der Waals surface area contributed by atoms with Gasteiger partial charge in [-0.1, -0.05) is 0 Å². The summed E-state index contributed by atoms with van der Waals surface area (Å²) in [4.78, 5) is 12.6. The lowest BCUT2D eigenvalue weighted by atomic mass is 10.3. The van der Waals surface area contributed by atoms with E-state index < -0.39 is 0 Å². The Hall–Kier alpha value is -0.870. The van der Waals surface area contributed by atoms with E-state index in [2.05, 4.69) is 21.7 Å². The highest BCUT2D eigenvalue weighted by molar-refractivity contribution is 7.07. The molecule has 3 nitrogen and oxygen atoms in total. The molecule has 0 bridgehead atoms. The standard InChI is InChI=1S/C9H14N2OS/c1-11(4-2-9(10)12)6-8-3-5-13-7-8/h3,5,7H,2,4,6H2,1H3,(H2,10,12). The molecule has 0 aliphatic heterocycles. The molecule has 4 heteroatoms. The summed E-state index contributed by atoms with van der Waals surface area (Å²) in [5.41, 5.74) is 6.34. The molecular weight excluding hydrogens is 184 g/mol. The third-order valence-corrected chi connectivity index (χ3v) is 2.50. The minimum atomic E-state index is -0.239. The van der Waals surface area contributed by atoms with Crippen molar-refractivity contribution in [3.05, 3.63) is 22.4 Å². The van der Waals surface area contributed by atoms with Crippen LogP contribution >= 0.6 is 11.3 Å². The van der Waals surface area contributed by atoms with Crippen molar-refractivity contribution in [1.29, 1.82) is 0 Å². The molecule has 1 aromatic rings. The van der Waals surface area contributed by atoms with Gasteiger partial charge in [0.05, 0.1) is 0 Å². The Kier molecular flexibility index (Phi) is 3.92. The van der Waals surface area contributed by atoms with Crippen LogP contribution in [0.2, 0.25) is 0 Å². The largest absolute Gasteiger partial charge is 0.370 e. The summed E-state index contributed by atoms with van der Waals surface area (Å²) in [5.74, 6) is -0.239. The zero-order valence-electron chi connectivity index (χ0n) is 7.69. The lowest BCUT2D eigenvalue weighted by Crippen LogP contribution is -2.23. The quantitative estimate of drug-likeness (QED) is 0.769. The van der Waals surface area contributed by atoms with Gasteiger partial charge in [0.2, 0.25) is 5.91 Å². The molecule has 0 fully saturated rings. The monoisotopic (exact) mass is 198 g/mol. The molecule has 0 aromatic carbocycles. The maximum Gasteiger partial charge on any atom is 0.218 e. The van der Waals surface area contributed by atoms with E-state index in [9.17, 15) is 4.79 Å². The van der Waals surface area contributed by atoms with Gasteiger partial charge in [-0.15, -0.1) is 0 Å². The Morgan fingerprint density at radius 1 is 1.69 bits per heavy atom. The average molecular weight is 198 g/mol. The smallest absolute Gasteiger partial charge is 0.218 e. The Labute approximate surface area is 82.2 Å². The van der Waals surface area contributed by atoms with Crippen molar-refractivity contribution in [2.45, 2.75) is 13.0 Å². The Morgan fingerprint density at radius 3 is 3.00 bits per heavy atom. The first kappa shape index (κ1) is 10.2. The fraction of sp³-hybridized carbons (Fsp3) is 0.444. The van der Waals surface area contributed by atoms with Gasteiger partial charge < -0.3 is 10.6 Å². The van der Waals surface area contributed by atoms with E-state index in [0.29, 0.717) is 6.42 Å². The summed E-state index contributed by atoms with van der Waals surface area (Å²) >= 11 is 1.69. The van der Waals surface area contributed by atoms with E-state index in [1.165, 1.54) is 5.56 Å². The number of hydrogen-bond acceptors (Lipinski definition) is 3. The zero-order chi connectivity index (χ0) is 9.68. The molecule has 13 heavy (non-hydrogen) atoms. The molecule has 0 spiro atoms. The van der Waals surface area contributed by atoms with Gasteiger partial charge in [0.25, 0.3) is 0 Å². The molecule has 0 atom stereocenters. The van der Waals surface area contributed by atoms with Crippen molar-refractivity contribution in [3.63, 3.8) is 0 Å². The number of carbonyl (C=O) groups is 1. The predicted molar refractivity (Wildman–Crippen MR) is 54.5 cm³/mol. The molecular formula is C9H14N2OS. The van der Waals surface area contributed by atoms with Crippen LogP contribution in [-0.4, -0.2) is 24.4 Å². The molecule has 2 N–H and O–H groups in total. The van der Waals surface area contributed by atoms with E-state index in [0.717, 1.165) is 13.1 Å². The van der Waals surface area contributed by atoms with Crippen LogP contribution in [0, 0.1) is 0 Å². The van der Waals surface area contributed by atoms with Crippen LogP contribution in [0.15, 0.2) is 16.8 Å². The summed E-state index contributed by atoms with van der Waals surface area (Å²) in [6, 6.07) is 2.09. The minimum Gasteiger partial charge on any atom is -0.370 e. The second-order valence-electron chi connectivity index (χ2n) is 3.09. The highest BCUT2D eigenvalue weighted by Gasteiger charge is 2.02. The van der Waals surface area contributed by atoms with E-state index >= 15 is 0 Å².